The average Bonchev–Trinajstić information content (AvgIpc) is 2.72. The van der Waals surface area contributed by atoms with Crippen LogP contribution >= 0.6 is 24.0 Å². The number of halogens is 1. The fourth-order valence-corrected chi connectivity index (χ4v) is 3.39. The Morgan fingerprint density at radius 1 is 1.30 bits per heavy atom. The Labute approximate surface area is 197 Å². The number of aliphatic hydroxyl groups is 1. The number of likely N-dealkylation sites (tertiary alicyclic amines) is 1. The summed E-state index contributed by atoms with van der Waals surface area (Å²) >= 11 is 0. The summed E-state index contributed by atoms with van der Waals surface area (Å²) in [7, 11) is 1.61. The Morgan fingerprint density at radius 3 is 2.63 bits per heavy atom. The molecule has 0 saturated carbocycles. The maximum absolute atomic E-state index is 8.93. The molecule has 1 aromatic carbocycles. The van der Waals surface area contributed by atoms with Gasteiger partial charge in [0.25, 0.3) is 0 Å². The molecule has 1 aliphatic heterocycles. The van der Waals surface area contributed by atoms with Gasteiger partial charge < -0.3 is 25.2 Å². The molecule has 1 aliphatic rings. The predicted octanol–water partition coefficient (Wildman–Crippen LogP) is 2.78. The lowest BCUT2D eigenvalue weighted by Crippen LogP contribution is -2.48. The second-order valence-corrected chi connectivity index (χ2v) is 7.40. The van der Waals surface area contributed by atoms with Crippen molar-refractivity contribution in [3.8, 4) is 11.5 Å². The van der Waals surface area contributed by atoms with Crippen molar-refractivity contribution in [1.29, 1.82) is 0 Å². The fraction of sp³-hybridized carbons (Fsp3) is 0.591. The number of rotatable bonds is 10. The minimum atomic E-state index is -0.0287. The van der Waals surface area contributed by atoms with Crippen molar-refractivity contribution in [1.82, 2.24) is 15.5 Å². The van der Waals surface area contributed by atoms with E-state index in [4.69, 9.17) is 19.6 Å². The van der Waals surface area contributed by atoms with Crippen LogP contribution in [-0.4, -0.2) is 68.5 Å². The highest BCUT2D eigenvalue weighted by Gasteiger charge is 2.19. The van der Waals surface area contributed by atoms with E-state index in [1.54, 1.807) is 7.11 Å². The normalized spacial score (nSPS) is 15.3. The number of aliphatic imine (C=N–C) groups is 1. The molecule has 2 rings (SSSR count). The molecule has 0 unspecified atom stereocenters. The minimum Gasteiger partial charge on any atom is -0.493 e. The van der Waals surface area contributed by atoms with Crippen LogP contribution in [0.1, 0.15) is 32.3 Å². The van der Waals surface area contributed by atoms with Gasteiger partial charge in [-0.15, -0.1) is 24.0 Å². The van der Waals surface area contributed by atoms with Gasteiger partial charge in [-0.1, -0.05) is 18.2 Å². The topological polar surface area (TPSA) is 78.4 Å². The first kappa shape index (κ1) is 26.5. The molecule has 0 amide bonds. The second kappa shape index (κ2) is 14.5. The lowest BCUT2D eigenvalue weighted by Gasteiger charge is -2.33. The average molecular weight is 532 g/mol. The van der Waals surface area contributed by atoms with E-state index < -0.39 is 0 Å². The smallest absolute Gasteiger partial charge is 0.191 e. The van der Waals surface area contributed by atoms with Gasteiger partial charge in [-0.2, -0.15) is 0 Å². The third-order valence-electron chi connectivity index (χ3n) is 4.76. The van der Waals surface area contributed by atoms with E-state index in [1.807, 2.05) is 18.2 Å². The molecule has 3 N–H and O–H groups in total. The van der Waals surface area contributed by atoms with Crippen molar-refractivity contribution in [2.45, 2.75) is 39.3 Å². The van der Waals surface area contributed by atoms with E-state index in [-0.39, 0.29) is 37.2 Å². The van der Waals surface area contributed by atoms with Crippen LogP contribution in [0.25, 0.3) is 0 Å². The summed E-state index contributed by atoms with van der Waals surface area (Å²) < 4.78 is 10.9. The molecule has 1 fully saturated rings. The predicted molar refractivity (Wildman–Crippen MR) is 133 cm³/mol. The molecule has 1 saturated heterocycles. The van der Waals surface area contributed by atoms with Gasteiger partial charge in [-0.3, -0.25) is 4.90 Å². The number of guanidine groups is 1. The quantitative estimate of drug-likeness (QED) is 0.186. The SMILES string of the molecule is C=C(C)CN1CCC(NC(=NCc2ccc(OCCO)c(OC)c2)NCC)CC1.I. The minimum absolute atomic E-state index is 0. The Bertz CT molecular complexity index is 676. The summed E-state index contributed by atoms with van der Waals surface area (Å²) in [5.41, 5.74) is 2.25. The molecule has 0 bridgehead atoms. The summed E-state index contributed by atoms with van der Waals surface area (Å²) in [5.74, 6) is 2.11. The first-order chi connectivity index (χ1) is 14.0. The lowest BCUT2D eigenvalue weighted by molar-refractivity contribution is 0.196. The van der Waals surface area contributed by atoms with Gasteiger partial charge >= 0.3 is 0 Å². The molecule has 1 aromatic rings. The van der Waals surface area contributed by atoms with E-state index in [1.165, 1.54) is 5.57 Å². The van der Waals surface area contributed by atoms with E-state index in [9.17, 15) is 0 Å². The maximum Gasteiger partial charge on any atom is 0.191 e. The number of nitrogens with one attached hydrogen (secondary N) is 2. The Hall–Kier alpha value is -1.52. The monoisotopic (exact) mass is 532 g/mol. The van der Waals surface area contributed by atoms with E-state index in [0.717, 1.165) is 50.5 Å². The zero-order chi connectivity index (χ0) is 21.1. The van der Waals surface area contributed by atoms with Crippen molar-refractivity contribution in [2.75, 3.05) is 46.5 Å². The number of hydrogen-bond donors (Lipinski definition) is 3. The molecule has 0 atom stereocenters. The second-order valence-electron chi connectivity index (χ2n) is 7.40. The molecule has 7 nitrogen and oxygen atoms in total. The van der Waals surface area contributed by atoms with Crippen LogP contribution in [0.2, 0.25) is 0 Å². The number of benzene rings is 1. The van der Waals surface area contributed by atoms with Crippen LogP contribution in [0.5, 0.6) is 11.5 Å². The van der Waals surface area contributed by atoms with Gasteiger partial charge in [0, 0.05) is 32.2 Å². The number of ether oxygens (including phenoxy) is 2. The van der Waals surface area contributed by atoms with Crippen LogP contribution < -0.4 is 20.1 Å². The van der Waals surface area contributed by atoms with Gasteiger partial charge in [-0.25, -0.2) is 4.99 Å². The summed E-state index contributed by atoms with van der Waals surface area (Å²) in [4.78, 5) is 7.20. The number of aliphatic hydroxyl groups excluding tert-OH is 1. The molecule has 0 radical (unpaired) electrons. The van der Waals surface area contributed by atoms with Gasteiger partial charge in [0.1, 0.15) is 6.61 Å². The Morgan fingerprint density at radius 2 is 2.03 bits per heavy atom. The Kier molecular flexibility index (Phi) is 12.8. The molecule has 0 spiro atoms. The molecule has 30 heavy (non-hydrogen) atoms. The zero-order valence-electron chi connectivity index (χ0n) is 18.4. The van der Waals surface area contributed by atoms with Crippen LogP contribution in [0.4, 0.5) is 0 Å². The van der Waals surface area contributed by atoms with Crippen molar-refractivity contribution >= 4 is 29.9 Å². The van der Waals surface area contributed by atoms with Crippen molar-refractivity contribution in [2.24, 2.45) is 4.99 Å². The van der Waals surface area contributed by atoms with E-state index in [2.05, 4.69) is 36.0 Å². The summed E-state index contributed by atoms with van der Waals surface area (Å²) in [6.07, 6.45) is 2.20. The highest BCUT2D eigenvalue weighted by atomic mass is 127. The molecular weight excluding hydrogens is 495 g/mol. The van der Waals surface area contributed by atoms with Crippen LogP contribution in [0.15, 0.2) is 35.3 Å². The molecule has 0 aliphatic carbocycles. The van der Waals surface area contributed by atoms with Gasteiger partial charge in [0.2, 0.25) is 0 Å². The summed E-state index contributed by atoms with van der Waals surface area (Å²) in [6, 6.07) is 6.18. The van der Waals surface area contributed by atoms with Crippen molar-refractivity contribution in [3.63, 3.8) is 0 Å². The van der Waals surface area contributed by atoms with Crippen molar-refractivity contribution in [3.05, 3.63) is 35.9 Å². The number of nitrogens with zero attached hydrogens (tertiary/aromatic N) is 2. The molecular formula is C22H37IN4O3. The fourth-order valence-electron chi connectivity index (χ4n) is 3.39. The highest BCUT2D eigenvalue weighted by molar-refractivity contribution is 14.0. The highest BCUT2D eigenvalue weighted by Crippen LogP contribution is 2.28. The number of piperidine rings is 1. The standard InChI is InChI=1S/C22H36N4O3.HI/c1-5-23-22(25-19-8-10-26(11-9-19)16-17(2)3)24-15-18-6-7-20(29-13-12-27)21(14-18)28-4;/h6-7,14,19,27H,2,5,8-13,15-16H2,1,3-4H3,(H2,23,24,25);1H. The van der Waals surface area contributed by atoms with Crippen LogP contribution in [-0.2, 0) is 6.54 Å². The first-order valence-electron chi connectivity index (χ1n) is 10.4. The Balaban J connectivity index is 0.00000450. The van der Waals surface area contributed by atoms with Crippen LogP contribution in [0, 0.1) is 0 Å². The summed E-state index contributed by atoms with van der Waals surface area (Å²) in [6.45, 7) is 12.9. The number of methoxy groups -OCH3 is 1. The largest absolute Gasteiger partial charge is 0.493 e. The zero-order valence-corrected chi connectivity index (χ0v) is 20.8. The van der Waals surface area contributed by atoms with Gasteiger partial charge in [0.05, 0.1) is 20.3 Å². The first-order valence-corrected chi connectivity index (χ1v) is 10.4. The molecule has 8 heteroatoms. The maximum atomic E-state index is 8.93. The van der Waals surface area contributed by atoms with E-state index in [0.29, 0.717) is 24.1 Å². The third-order valence-corrected chi connectivity index (χ3v) is 4.76. The summed E-state index contributed by atoms with van der Waals surface area (Å²) in [5, 5.41) is 15.8. The molecule has 170 valence electrons. The molecule has 1 heterocycles. The van der Waals surface area contributed by atoms with Gasteiger partial charge in [0.15, 0.2) is 17.5 Å². The van der Waals surface area contributed by atoms with E-state index >= 15 is 0 Å². The lowest BCUT2D eigenvalue weighted by atomic mass is 10.0. The third kappa shape index (κ3) is 9.09. The number of hydrogen-bond acceptors (Lipinski definition) is 5. The van der Waals surface area contributed by atoms with Gasteiger partial charge in [-0.05, 0) is 44.4 Å². The van der Waals surface area contributed by atoms with Crippen molar-refractivity contribution < 1.29 is 14.6 Å². The van der Waals surface area contributed by atoms with Crippen LogP contribution in [0.3, 0.4) is 0 Å². The molecule has 0 aromatic heterocycles.